The molecule has 1 aromatic carbocycles. The normalized spacial score (nSPS) is 17.0. The van der Waals surface area contributed by atoms with Crippen LogP contribution in [-0.2, 0) is 4.79 Å². The lowest BCUT2D eigenvalue weighted by atomic mass is 9.93. The second kappa shape index (κ2) is 6.58. The summed E-state index contributed by atoms with van der Waals surface area (Å²) in [5.41, 5.74) is 12.7. The van der Waals surface area contributed by atoms with Crippen molar-refractivity contribution in [2.24, 2.45) is 17.4 Å². The largest absolute Gasteiger partial charge is 0.491 e. The molecule has 2 amide bonds. The van der Waals surface area contributed by atoms with E-state index in [0.717, 1.165) is 5.56 Å². The van der Waals surface area contributed by atoms with E-state index in [1.807, 2.05) is 13.0 Å². The number of nitrogens with one attached hydrogen (secondary N) is 1. The van der Waals surface area contributed by atoms with Gasteiger partial charge in [-0.15, -0.1) is 0 Å². The molecule has 21 heavy (non-hydrogen) atoms. The maximum absolute atomic E-state index is 12.0. The zero-order valence-electron chi connectivity index (χ0n) is 12.1. The molecule has 2 atom stereocenters. The van der Waals surface area contributed by atoms with E-state index in [1.54, 1.807) is 12.1 Å². The predicted molar refractivity (Wildman–Crippen MR) is 78.8 cm³/mol. The molecular formula is C15H21N3O3. The highest BCUT2D eigenvalue weighted by atomic mass is 16.5. The van der Waals surface area contributed by atoms with Gasteiger partial charge in [-0.25, -0.2) is 0 Å². The number of fused-ring (bicyclic) bond motifs is 1. The van der Waals surface area contributed by atoms with Crippen LogP contribution in [0.4, 0.5) is 0 Å². The molecule has 0 aliphatic carbocycles. The van der Waals surface area contributed by atoms with E-state index in [1.165, 1.54) is 0 Å². The summed E-state index contributed by atoms with van der Waals surface area (Å²) < 4.78 is 5.50. The molecular weight excluding hydrogens is 270 g/mol. The van der Waals surface area contributed by atoms with Crippen molar-refractivity contribution in [3.05, 3.63) is 29.3 Å². The highest BCUT2D eigenvalue weighted by molar-refractivity contribution is 5.97. The van der Waals surface area contributed by atoms with Crippen LogP contribution in [0.3, 0.4) is 0 Å². The summed E-state index contributed by atoms with van der Waals surface area (Å²) in [5, 5.41) is 2.77. The lowest BCUT2D eigenvalue weighted by Crippen LogP contribution is -2.24. The van der Waals surface area contributed by atoms with Crippen molar-refractivity contribution < 1.29 is 14.3 Å². The fourth-order valence-corrected chi connectivity index (χ4v) is 2.50. The number of carbonyl (C=O) groups excluding carboxylic acids is 2. The Hall–Kier alpha value is -2.08. The minimum absolute atomic E-state index is 0.0985. The Morgan fingerprint density at radius 1 is 1.48 bits per heavy atom. The van der Waals surface area contributed by atoms with E-state index < -0.39 is 0 Å². The van der Waals surface area contributed by atoms with Gasteiger partial charge in [-0.2, -0.15) is 0 Å². The van der Waals surface area contributed by atoms with Crippen LogP contribution in [0.1, 0.15) is 41.7 Å². The van der Waals surface area contributed by atoms with Crippen LogP contribution < -0.4 is 21.5 Å². The molecule has 0 aromatic heterocycles. The van der Waals surface area contributed by atoms with Crippen molar-refractivity contribution in [2.75, 3.05) is 13.2 Å². The molecule has 0 bridgehead atoms. The molecule has 0 saturated carbocycles. The SMILES string of the molecule is CC(CC(N)=O)CC(N)c1ccc2c(c1)C(=O)NCCO2. The Balaban J connectivity index is 2.13. The van der Waals surface area contributed by atoms with Gasteiger partial charge in [0.1, 0.15) is 12.4 Å². The first-order valence-electron chi connectivity index (χ1n) is 7.06. The molecule has 0 spiro atoms. The first-order valence-corrected chi connectivity index (χ1v) is 7.06. The van der Waals surface area contributed by atoms with Gasteiger partial charge in [0, 0.05) is 12.5 Å². The van der Waals surface area contributed by atoms with Crippen LogP contribution in [0.25, 0.3) is 0 Å². The number of amides is 2. The van der Waals surface area contributed by atoms with Crippen molar-refractivity contribution in [3.8, 4) is 5.75 Å². The van der Waals surface area contributed by atoms with Gasteiger partial charge in [0.15, 0.2) is 0 Å². The number of hydrogen-bond acceptors (Lipinski definition) is 4. The van der Waals surface area contributed by atoms with Gasteiger partial charge >= 0.3 is 0 Å². The number of hydrogen-bond donors (Lipinski definition) is 3. The second-order valence-corrected chi connectivity index (χ2v) is 5.48. The van der Waals surface area contributed by atoms with Gasteiger partial charge in [-0.3, -0.25) is 9.59 Å². The number of nitrogens with two attached hydrogens (primary N) is 2. The van der Waals surface area contributed by atoms with Crippen LogP contribution in [0.15, 0.2) is 18.2 Å². The average molecular weight is 291 g/mol. The van der Waals surface area contributed by atoms with Crippen LogP contribution >= 0.6 is 0 Å². The van der Waals surface area contributed by atoms with Crippen LogP contribution in [0.5, 0.6) is 5.75 Å². The molecule has 114 valence electrons. The molecule has 1 aromatic rings. The number of benzene rings is 1. The Labute approximate surface area is 123 Å². The lowest BCUT2D eigenvalue weighted by Gasteiger charge is -2.18. The molecule has 5 N–H and O–H groups in total. The van der Waals surface area contributed by atoms with E-state index in [0.29, 0.717) is 37.3 Å². The Morgan fingerprint density at radius 3 is 2.95 bits per heavy atom. The van der Waals surface area contributed by atoms with E-state index in [2.05, 4.69) is 5.32 Å². The first kappa shape index (κ1) is 15.3. The molecule has 2 unspecified atom stereocenters. The van der Waals surface area contributed by atoms with E-state index in [4.69, 9.17) is 16.2 Å². The predicted octanol–water partition coefficient (Wildman–Crippen LogP) is 0.710. The van der Waals surface area contributed by atoms with Crippen LogP contribution in [0, 0.1) is 5.92 Å². The topological polar surface area (TPSA) is 107 Å². The molecule has 1 aliphatic rings. The van der Waals surface area contributed by atoms with Gasteiger partial charge < -0.3 is 21.5 Å². The van der Waals surface area contributed by atoms with Crippen molar-refractivity contribution >= 4 is 11.8 Å². The highest BCUT2D eigenvalue weighted by Crippen LogP contribution is 2.27. The maximum Gasteiger partial charge on any atom is 0.255 e. The summed E-state index contributed by atoms with van der Waals surface area (Å²) in [6.45, 7) is 2.88. The summed E-state index contributed by atoms with van der Waals surface area (Å²) >= 11 is 0. The van der Waals surface area contributed by atoms with Crippen LogP contribution in [-0.4, -0.2) is 25.0 Å². The zero-order valence-corrected chi connectivity index (χ0v) is 12.1. The van der Waals surface area contributed by atoms with Gasteiger partial charge in [-0.1, -0.05) is 13.0 Å². The Bertz CT molecular complexity index is 545. The van der Waals surface area contributed by atoms with E-state index >= 15 is 0 Å². The fourth-order valence-electron chi connectivity index (χ4n) is 2.50. The Kier molecular flexibility index (Phi) is 4.80. The Morgan fingerprint density at radius 2 is 2.24 bits per heavy atom. The quantitative estimate of drug-likeness (QED) is 0.742. The van der Waals surface area contributed by atoms with Crippen molar-refractivity contribution in [2.45, 2.75) is 25.8 Å². The lowest BCUT2D eigenvalue weighted by molar-refractivity contribution is -0.118. The summed E-state index contributed by atoms with van der Waals surface area (Å²) in [5.74, 6) is 0.193. The summed E-state index contributed by atoms with van der Waals surface area (Å²) in [6, 6.07) is 5.14. The maximum atomic E-state index is 12.0. The minimum Gasteiger partial charge on any atom is -0.491 e. The fraction of sp³-hybridized carbons (Fsp3) is 0.467. The molecule has 6 nitrogen and oxygen atoms in total. The summed E-state index contributed by atoms with van der Waals surface area (Å²) in [4.78, 5) is 22.9. The third-order valence-electron chi connectivity index (χ3n) is 3.53. The number of primary amides is 1. The van der Waals surface area contributed by atoms with E-state index in [9.17, 15) is 9.59 Å². The van der Waals surface area contributed by atoms with Crippen molar-refractivity contribution in [1.82, 2.24) is 5.32 Å². The summed E-state index contributed by atoms with van der Waals surface area (Å²) in [6.07, 6.45) is 0.937. The number of carbonyl (C=O) groups is 2. The molecule has 1 heterocycles. The molecule has 2 rings (SSSR count). The highest BCUT2D eigenvalue weighted by Gasteiger charge is 2.19. The smallest absolute Gasteiger partial charge is 0.255 e. The van der Waals surface area contributed by atoms with Gasteiger partial charge in [0.2, 0.25) is 5.91 Å². The van der Waals surface area contributed by atoms with Crippen LogP contribution in [0.2, 0.25) is 0 Å². The average Bonchev–Trinajstić information content (AvgIpc) is 2.59. The van der Waals surface area contributed by atoms with Crippen molar-refractivity contribution in [3.63, 3.8) is 0 Å². The number of rotatable bonds is 5. The first-order chi connectivity index (χ1) is 9.97. The van der Waals surface area contributed by atoms with Gasteiger partial charge in [0.05, 0.1) is 12.1 Å². The van der Waals surface area contributed by atoms with E-state index in [-0.39, 0.29) is 23.8 Å². The zero-order chi connectivity index (χ0) is 15.4. The molecule has 1 aliphatic heterocycles. The molecule has 6 heteroatoms. The molecule has 0 radical (unpaired) electrons. The van der Waals surface area contributed by atoms with Crippen molar-refractivity contribution in [1.29, 1.82) is 0 Å². The third-order valence-corrected chi connectivity index (χ3v) is 3.53. The number of ether oxygens (including phenoxy) is 1. The van der Waals surface area contributed by atoms with Gasteiger partial charge in [0.25, 0.3) is 5.91 Å². The standard InChI is InChI=1S/C15H21N3O3/c1-9(7-14(17)19)6-12(16)10-2-3-13-11(8-10)15(20)18-4-5-21-13/h2-3,8-9,12H,4-7,16H2,1H3,(H2,17,19)(H,18,20). The monoisotopic (exact) mass is 291 g/mol. The summed E-state index contributed by atoms with van der Waals surface area (Å²) in [7, 11) is 0. The molecule has 0 saturated heterocycles. The van der Waals surface area contributed by atoms with Gasteiger partial charge in [-0.05, 0) is 30.0 Å². The molecule has 0 fully saturated rings. The minimum atomic E-state index is -0.329. The third kappa shape index (κ3) is 3.95. The second-order valence-electron chi connectivity index (χ2n) is 5.48.